The van der Waals surface area contributed by atoms with Crippen LogP contribution in [0.4, 0.5) is 0 Å². The third kappa shape index (κ3) is 4.98. The fraction of sp³-hybridized carbons (Fsp3) is 1.00. The van der Waals surface area contributed by atoms with Crippen molar-refractivity contribution in [3.05, 3.63) is 0 Å². The highest BCUT2D eigenvalue weighted by atomic mass is 16.3. The molecule has 1 fully saturated rings. The second-order valence-corrected chi connectivity index (χ2v) is 4.99. The molecule has 2 nitrogen and oxygen atoms in total. The van der Waals surface area contributed by atoms with E-state index in [1.807, 2.05) is 6.92 Å². The van der Waals surface area contributed by atoms with Gasteiger partial charge in [0.2, 0.25) is 0 Å². The Kier molecular flexibility index (Phi) is 6.26. The molecule has 90 valence electrons. The summed E-state index contributed by atoms with van der Waals surface area (Å²) in [6.07, 6.45) is 8.69. The summed E-state index contributed by atoms with van der Waals surface area (Å²) < 4.78 is 0. The predicted octanol–water partition coefficient (Wildman–Crippen LogP) is 2.71. The fourth-order valence-corrected chi connectivity index (χ4v) is 2.48. The first kappa shape index (κ1) is 13.0. The summed E-state index contributed by atoms with van der Waals surface area (Å²) in [7, 11) is 0. The Morgan fingerprint density at radius 3 is 2.53 bits per heavy atom. The molecule has 0 heterocycles. The lowest BCUT2D eigenvalue weighted by Gasteiger charge is -2.28. The molecule has 1 saturated carbocycles. The van der Waals surface area contributed by atoms with Gasteiger partial charge in [0.15, 0.2) is 0 Å². The lowest BCUT2D eigenvalue weighted by molar-refractivity contribution is 0.156. The van der Waals surface area contributed by atoms with Crippen molar-refractivity contribution in [2.24, 2.45) is 5.92 Å². The Balaban J connectivity index is 2.09. The van der Waals surface area contributed by atoms with Crippen molar-refractivity contribution >= 4 is 0 Å². The molecular formula is C13H27NO. The predicted molar refractivity (Wildman–Crippen MR) is 65.0 cm³/mol. The number of rotatable bonds is 6. The molecule has 2 heteroatoms. The van der Waals surface area contributed by atoms with Gasteiger partial charge in [0, 0.05) is 6.04 Å². The smallest absolute Gasteiger partial charge is 0.0549 e. The van der Waals surface area contributed by atoms with Crippen LogP contribution in [0.15, 0.2) is 0 Å². The van der Waals surface area contributed by atoms with Crippen molar-refractivity contribution < 1.29 is 5.11 Å². The van der Waals surface area contributed by atoms with E-state index in [1.165, 1.54) is 32.1 Å². The molecule has 0 amide bonds. The largest absolute Gasteiger partial charge is 0.393 e. The van der Waals surface area contributed by atoms with Gasteiger partial charge in [-0.3, -0.25) is 0 Å². The summed E-state index contributed by atoms with van der Waals surface area (Å²) in [5, 5.41) is 13.0. The number of nitrogens with one attached hydrogen (secondary N) is 1. The molecule has 1 rings (SSSR count). The van der Waals surface area contributed by atoms with E-state index in [0.29, 0.717) is 6.04 Å². The maximum absolute atomic E-state index is 9.44. The summed E-state index contributed by atoms with van der Waals surface area (Å²) in [6.45, 7) is 5.30. The zero-order chi connectivity index (χ0) is 11.1. The first-order chi connectivity index (χ1) is 7.24. The highest BCUT2D eigenvalue weighted by Crippen LogP contribution is 2.26. The molecule has 0 spiro atoms. The van der Waals surface area contributed by atoms with Gasteiger partial charge in [-0.05, 0) is 45.1 Å². The fourth-order valence-electron chi connectivity index (χ4n) is 2.48. The van der Waals surface area contributed by atoms with Crippen LogP contribution in [0.25, 0.3) is 0 Å². The van der Waals surface area contributed by atoms with Crippen LogP contribution in [0.5, 0.6) is 0 Å². The Bertz CT molecular complexity index is 155. The second kappa shape index (κ2) is 7.24. The highest BCUT2D eigenvalue weighted by molar-refractivity contribution is 4.76. The summed E-state index contributed by atoms with van der Waals surface area (Å²) in [6, 6.07) is 0.634. The maximum atomic E-state index is 9.44. The Hall–Kier alpha value is -0.0800. The van der Waals surface area contributed by atoms with Crippen molar-refractivity contribution in [3.8, 4) is 0 Å². The summed E-state index contributed by atoms with van der Waals surface area (Å²) >= 11 is 0. The molecular weight excluding hydrogens is 186 g/mol. The van der Waals surface area contributed by atoms with Crippen molar-refractivity contribution in [1.82, 2.24) is 5.32 Å². The first-order valence-corrected chi connectivity index (χ1v) is 6.65. The van der Waals surface area contributed by atoms with Crippen LogP contribution in [0, 0.1) is 5.92 Å². The molecule has 15 heavy (non-hydrogen) atoms. The van der Waals surface area contributed by atoms with Gasteiger partial charge in [-0.15, -0.1) is 0 Å². The topological polar surface area (TPSA) is 32.3 Å². The molecule has 0 aliphatic heterocycles. The van der Waals surface area contributed by atoms with Crippen molar-refractivity contribution in [1.29, 1.82) is 0 Å². The monoisotopic (exact) mass is 213 g/mol. The van der Waals surface area contributed by atoms with Crippen LogP contribution in [0.2, 0.25) is 0 Å². The van der Waals surface area contributed by atoms with Crippen LogP contribution in [0.3, 0.4) is 0 Å². The number of hydrogen-bond donors (Lipinski definition) is 2. The van der Waals surface area contributed by atoms with Gasteiger partial charge in [-0.25, -0.2) is 0 Å². The molecule has 2 N–H and O–H groups in total. The molecule has 0 aromatic heterocycles. The Morgan fingerprint density at radius 2 is 1.93 bits per heavy atom. The van der Waals surface area contributed by atoms with Crippen molar-refractivity contribution in [2.45, 2.75) is 70.9 Å². The number of aliphatic hydroxyl groups is 1. The highest BCUT2D eigenvalue weighted by Gasteiger charge is 2.19. The summed E-state index contributed by atoms with van der Waals surface area (Å²) in [5.41, 5.74) is 0. The van der Waals surface area contributed by atoms with Gasteiger partial charge in [0.05, 0.1) is 6.10 Å². The molecule has 0 bridgehead atoms. The van der Waals surface area contributed by atoms with E-state index in [2.05, 4.69) is 12.2 Å². The SMILES string of the molecule is CCC(O)CCNC(C)C1CCCCC1. The maximum Gasteiger partial charge on any atom is 0.0549 e. The summed E-state index contributed by atoms with van der Waals surface area (Å²) in [5.74, 6) is 0.873. The summed E-state index contributed by atoms with van der Waals surface area (Å²) in [4.78, 5) is 0. The zero-order valence-electron chi connectivity index (χ0n) is 10.3. The van der Waals surface area contributed by atoms with Crippen LogP contribution in [0.1, 0.15) is 58.8 Å². The van der Waals surface area contributed by atoms with E-state index in [-0.39, 0.29) is 6.10 Å². The number of hydrogen-bond acceptors (Lipinski definition) is 2. The molecule has 0 aromatic carbocycles. The average molecular weight is 213 g/mol. The van der Waals surface area contributed by atoms with E-state index in [4.69, 9.17) is 0 Å². The Labute approximate surface area is 94.5 Å². The van der Waals surface area contributed by atoms with Crippen molar-refractivity contribution in [2.75, 3.05) is 6.54 Å². The van der Waals surface area contributed by atoms with Crippen LogP contribution >= 0.6 is 0 Å². The molecule has 1 aliphatic carbocycles. The minimum atomic E-state index is -0.115. The van der Waals surface area contributed by atoms with E-state index in [1.54, 1.807) is 0 Å². The van der Waals surface area contributed by atoms with E-state index < -0.39 is 0 Å². The second-order valence-electron chi connectivity index (χ2n) is 4.99. The van der Waals surface area contributed by atoms with Crippen molar-refractivity contribution in [3.63, 3.8) is 0 Å². The third-order valence-corrected chi connectivity index (χ3v) is 3.77. The van der Waals surface area contributed by atoms with E-state index in [0.717, 1.165) is 25.3 Å². The van der Waals surface area contributed by atoms with Gasteiger partial charge in [0.1, 0.15) is 0 Å². The van der Waals surface area contributed by atoms with Gasteiger partial charge >= 0.3 is 0 Å². The molecule has 2 unspecified atom stereocenters. The molecule has 0 saturated heterocycles. The lowest BCUT2D eigenvalue weighted by atomic mass is 9.84. The van der Waals surface area contributed by atoms with E-state index >= 15 is 0 Å². The normalized spacial score (nSPS) is 22.6. The molecule has 2 atom stereocenters. The first-order valence-electron chi connectivity index (χ1n) is 6.65. The lowest BCUT2D eigenvalue weighted by Crippen LogP contribution is -2.36. The van der Waals surface area contributed by atoms with Gasteiger partial charge in [-0.1, -0.05) is 26.2 Å². The average Bonchev–Trinajstić information content (AvgIpc) is 2.29. The zero-order valence-corrected chi connectivity index (χ0v) is 10.3. The van der Waals surface area contributed by atoms with Gasteiger partial charge in [-0.2, -0.15) is 0 Å². The third-order valence-electron chi connectivity index (χ3n) is 3.77. The molecule has 1 aliphatic rings. The van der Waals surface area contributed by atoms with Gasteiger partial charge in [0.25, 0.3) is 0 Å². The minimum absolute atomic E-state index is 0.115. The van der Waals surface area contributed by atoms with Crippen LogP contribution in [-0.4, -0.2) is 23.8 Å². The minimum Gasteiger partial charge on any atom is -0.393 e. The van der Waals surface area contributed by atoms with Gasteiger partial charge < -0.3 is 10.4 Å². The van der Waals surface area contributed by atoms with E-state index in [9.17, 15) is 5.11 Å². The quantitative estimate of drug-likeness (QED) is 0.711. The molecule has 0 radical (unpaired) electrons. The van der Waals surface area contributed by atoms with Crippen LogP contribution in [-0.2, 0) is 0 Å². The van der Waals surface area contributed by atoms with Crippen LogP contribution < -0.4 is 5.32 Å². The number of aliphatic hydroxyl groups excluding tert-OH is 1. The standard InChI is InChI=1S/C13H27NO/c1-3-13(15)9-10-14-11(2)12-7-5-4-6-8-12/h11-15H,3-10H2,1-2H3. The Morgan fingerprint density at radius 1 is 1.27 bits per heavy atom. The molecule has 0 aromatic rings.